The van der Waals surface area contributed by atoms with Crippen molar-refractivity contribution in [2.75, 3.05) is 44.8 Å². The molecule has 0 spiro atoms. The third-order valence-electron chi connectivity index (χ3n) is 16.3. The molecule has 6 nitrogen and oxygen atoms in total. The van der Waals surface area contributed by atoms with Crippen LogP contribution in [0.3, 0.4) is 0 Å². The minimum Gasteiger partial charge on any atom is -0.465 e. The van der Waals surface area contributed by atoms with Crippen LogP contribution >= 0.6 is 0 Å². The van der Waals surface area contributed by atoms with Crippen LogP contribution in [0.5, 0.6) is 0 Å². The number of benzene rings is 1. The molecule has 1 aromatic carbocycles. The number of carbonyl (C=O) groups is 1. The van der Waals surface area contributed by atoms with Crippen LogP contribution in [0.4, 0.5) is 0 Å². The number of fused-ring (bicyclic) bond motifs is 7. The van der Waals surface area contributed by atoms with Crippen molar-refractivity contribution in [2.45, 2.75) is 105 Å². The first-order chi connectivity index (χ1) is 23.5. The number of rotatable bonds is 7. The first-order valence-corrected chi connectivity index (χ1v) is 21.6. The average Bonchev–Trinajstić information content (AvgIpc) is 3.45. The third-order valence-corrected chi connectivity index (χ3v) is 17.9. The van der Waals surface area contributed by atoms with Gasteiger partial charge in [-0.1, -0.05) is 78.3 Å². The Morgan fingerprint density at radius 2 is 1.60 bits per heavy atom. The van der Waals surface area contributed by atoms with Gasteiger partial charge in [0.1, 0.15) is 0 Å². The zero-order valence-corrected chi connectivity index (χ0v) is 33.1. The van der Waals surface area contributed by atoms with Gasteiger partial charge in [-0.25, -0.2) is 13.2 Å². The number of allylic oxidation sites excluding steroid dienone is 2. The van der Waals surface area contributed by atoms with Crippen molar-refractivity contribution in [3.05, 3.63) is 53.1 Å². The summed E-state index contributed by atoms with van der Waals surface area (Å²) < 4.78 is 29.0. The molecule has 1 heterocycles. The van der Waals surface area contributed by atoms with Crippen LogP contribution < -0.4 is 5.32 Å². The number of nitrogens with one attached hydrogen (secondary N) is 1. The van der Waals surface area contributed by atoms with E-state index in [2.05, 4.69) is 83.0 Å². The summed E-state index contributed by atoms with van der Waals surface area (Å²) in [4.78, 5) is 14.5. The highest BCUT2D eigenvalue weighted by atomic mass is 32.2. The lowest BCUT2D eigenvalue weighted by molar-refractivity contribution is -0.215. The second kappa shape index (κ2) is 12.6. The fourth-order valence-electron chi connectivity index (χ4n) is 13.5. The molecule has 3 saturated carbocycles. The molecule has 7 rings (SSSR count). The van der Waals surface area contributed by atoms with E-state index in [9.17, 15) is 13.2 Å². The average molecular weight is 705 g/mol. The number of methoxy groups -OCH3 is 1. The van der Waals surface area contributed by atoms with E-state index >= 15 is 0 Å². The molecule has 1 N–H and O–H groups in total. The van der Waals surface area contributed by atoms with Gasteiger partial charge in [-0.3, -0.25) is 0 Å². The van der Waals surface area contributed by atoms with Crippen molar-refractivity contribution in [1.29, 1.82) is 0 Å². The van der Waals surface area contributed by atoms with Gasteiger partial charge in [-0.15, -0.1) is 0 Å². The maximum Gasteiger partial charge on any atom is 0.337 e. The van der Waals surface area contributed by atoms with Crippen LogP contribution in [-0.4, -0.2) is 69.6 Å². The van der Waals surface area contributed by atoms with E-state index in [1.807, 2.05) is 12.1 Å². The van der Waals surface area contributed by atoms with E-state index in [1.165, 1.54) is 56.8 Å². The predicted octanol–water partition coefficient (Wildman–Crippen LogP) is 8.20. The molecule has 7 heteroatoms. The highest BCUT2D eigenvalue weighted by molar-refractivity contribution is 7.91. The maximum absolute atomic E-state index is 12.1. The molecule has 0 amide bonds. The lowest BCUT2D eigenvalue weighted by Crippen LogP contribution is -2.68. The number of hydrogen-bond acceptors (Lipinski definition) is 6. The van der Waals surface area contributed by atoms with Gasteiger partial charge in [0.05, 0.1) is 24.2 Å². The molecular formula is C43H64N2O4S. The summed E-state index contributed by atoms with van der Waals surface area (Å²) in [5.74, 6) is 3.44. The van der Waals surface area contributed by atoms with Gasteiger partial charge in [-0.05, 0) is 120 Å². The van der Waals surface area contributed by atoms with Gasteiger partial charge in [0.15, 0.2) is 9.84 Å². The molecule has 1 aromatic rings. The smallest absolute Gasteiger partial charge is 0.337 e. The van der Waals surface area contributed by atoms with Gasteiger partial charge in [0.2, 0.25) is 0 Å². The molecule has 1 unspecified atom stereocenters. The van der Waals surface area contributed by atoms with Gasteiger partial charge < -0.3 is 15.0 Å². The quantitative estimate of drug-likeness (QED) is 0.228. The Morgan fingerprint density at radius 1 is 0.900 bits per heavy atom. The van der Waals surface area contributed by atoms with Crippen molar-refractivity contribution >= 4 is 21.4 Å². The Labute approximate surface area is 303 Å². The van der Waals surface area contributed by atoms with E-state index in [4.69, 9.17) is 4.74 Å². The number of nitrogens with zero attached hydrogens (tertiary/aromatic N) is 1. The molecule has 8 atom stereocenters. The molecule has 50 heavy (non-hydrogen) atoms. The van der Waals surface area contributed by atoms with Crippen LogP contribution in [0, 0.1) is 51.2 Å². The fourth-order valence-corrected chi connectivity index (χ4v) is 14.8. The van der Waals surface area contributed by atoms with Crippen LogP contribution in [0.2, 0.25) is 0 Å². The monoisotopic (exact) mass is 704 g/mol. The van der Waals surface area contributed by atoms with Crippen molar-refractivity contribution in [3.8, 4) is 0 Å². The summed E-state index contributed by atoms with van der Waals surface area (Å²) in [5.41, 5.74) is 5.99. The van der Waals surface area contributed by atoms with Gasteiger partial charge in [0.25, 0.3) is 0 Å². The summed E-state index contributed by atoms with van der Waals surface area (Å²) in [6, 6.07) is 8.10. The van der Waals surface area contributed by atoms with E-state index < -0.39 is 9.84 Å². The summed E-state index contributed by atoms with van der Waals surface area (Å²) in [6.07, 6.45) is 15.2. The SMILES string of the molecule is COC(=O)c1ccc(C2=CC[C@]3(C)[C@H]4CC[C@@H]5[C@H]6C(C(C)C)=CCC6(NCCN6CCS(=O)(=O)CC6)CC[C@@]5(C)[C@]4(C)CC[C@H]3C2(C)C)cc1. The van der Waals surface area contributed by atoms with Crippen molar-refractivity contribution < 1.29 is 17.9 Å². The first kappa shape index (κ1) is 36.4. The Bertz CT molecular complexity index is 1650. The molecule has 1 aliphatic heterocycles. The zero-order valence-electron chi connectivity index (χ0n) is 32.2. The molecule has 0 bridgehead atoms. The summed E-state index contributed by atoms with van der Waals surface area (Å²) in [7, 11) is -1.41. The molecule has 0 aromatic heterocycles. The molecule has 4 fully saturated rings. The van der Waals surface area contributed by atoms with E-state index in [0.717, 1.165) is 25.9 Å². The fraction of sp³-hybridized carbons (Fsp3) is 0.744. The number of ether oxygens (including phenoxy) is 1. The maximum atomic E-state index is 12.1. The Kier molecular flexibility index (Phi) is 9.16. The first-order valence-electron chi connectivity index (χ1n) is 19.8. The lowest BCUT2D eigenvalue weighted by Gasteiger charge is -2.72. The Balaban J connectivity index is 1.14. The van der Waals surface area contributed by atoms with Gasteiger partial charge in [-0.2, -0.15) is 0 Å². The molecule has 5 aliphatic carbocycles. The molecule has 6 aliphatic rings. The highest BCUT2D eigenvalue weighted by Gasteiger charge is 2.69. The lowest BCUT2D eigenvalue weighted by atomic mass is 9.33. The van der Waals surface area contributed by atoms with Crippen molar-refractivity contribution in [3.63, 3.8) is 0 Å². The number of esters is 1. The zero-order chi connectivity index (χ0) is 35.9. The number of sulfone groups is 1. The van der Waals surface area contributed by atoms with Crippen molar-refractivity contribution in [2.24, 2.45) is 51.2 Å². The summed E-state index contributed by atoms with van der Waals surface area (Å²) >= 11 is 0. The Hall–Kier alpha value is -1.96. The van der Waals surface area contributed by atoms with Gasteiger partial charge >= 0.3 is 5.97 Å². The van der Waals surface area contributed by atoms with Crippen LogP contribution in [0.1, 0.15) is 116 Å². The van der Waals surface area contributed by atoms with Crippen LogP contribution in [0.25, 0.3) is 5.57 Å². The number of hydrogen-bond donors (Lipinski definition) is 1. The number of carbonyl (C=O) groups excluding carboxylic acids is 1. The molecule has 1 saturated heterocycles. The Morgan fingerprint density at radius 3 is 2.26 bits per heavy atom. The van der Waals surface area contributed by atoms with E-state index in [-0.39, 0.29) is 27.8 Å². The highest BCUT2D eigenvalue weighted by Crippen LogP contribution is 2.76. The molecule has 276 valence electrons. The summed E-state index contributed by atoms with van der Waals surface area (Å²) in [6.45, 7) is 21.1. The predicted molar refractivity (Wildman–Crippen MR) is 204 cm³/mol. The normalized spacial score (nSPS) is 40.5. The van der Waals surface area contributed by atoms with E-state index in [0.29, 0.717) is 65.2 Å². The minimum absolute atomic E-state index is 0.0437. The second-order valence-electron chi connectivity index (χ2n) is 18.9. The van der Waals surface area contributed by atoms with Crippen LogP contribution in [0.15, 0.2) is 42.0 Å². The molecular weight excluding hydrogens is 641 g/mol. The largest absolute Gasteiger partial charge is 0.465 e. The third kappa shape index (κ3) is 5.52. The van der Waals surface area contributed by atoms with Crippen LogP contribution in [-0.2, 0) is 14.6 Å². The standard InChI is InChI=1S/C43H64N2O4S/c1-29(2)32-15-20-43(44-23-24-45-25-27-50(47,48)28-26-45)22-21-41(6)34(37(32)43)13-14-36-40(5)18-16-33(30-9-11-31(12-10-30)38(46)49-8)39(3,4)35(40)17-19-42(36,41)7/h9-12,15-16,29,34-37,44H,13-14,17-28H2,1-8H3/t34-,35+,36-,37-,40+,41-,42-,43?/m1/s1. The molecule has 0 radical (unpaired) electrons. The van der Waals surface area contributed by atoms with E-state index in [1.54, 1.807) is 5.57 Å². The van der Waals surface area contributed by atoms with Gasteiger partial charge in [0, 0.05) is 37.6 Å². The topological polar surface area (TPSA) is 75.7 Å². The minimum atomic E-state index is -2.86. The second-order valence-corrected chi connectivity index (χ2v) is 21.2. The summed E-state index contributed by atoms with van der Waals surface area (Å²) in [5, 5.41) is 4.20. The van der Waals surface area contributed by atoms with Crippen molar-refractivity contribution in [1.82, 2.24) is 10.2 Å².